The summed E-state index contributed by atoms with van der Waals surface area (Å²) < 4.78 is 29.4. The second kappa shape index (κ2) is 42.6. The highest BCUT2D eigenvalue weighted by Gasteiger charge is 2.35. The van der Waals surface area contributed by atoms with Crippen LogP contribution in [0.5, 0.6) is 0 Å². The zero-order valence-corrected chi connectivity index (χ0v) is 38.9. The Hall–Kier alpha value is 1.04. The zero-order chi connectivity index (χ0) is 38.9. The number of rotatable bonds is 45. The number of phosphoric acid groups is 1. The van der Waals surface area contributed by atoms with Gasteiger partial charge in [-0.2, -0.15) is 0 Å². The lowest BCUT2D eigenvalue weighted by Gasteiger charge is -2.20. The molecule has 0 aliphatic carbocycles. The molecule has 0 amide bonds. The van der Waals surface area contributed by atoms with Gasteiger partial charge in [-0.05, 0) is 57.3 Å². The van der Waals surface area contributed by atoms with Gasteiger partial charge in [0.1, 0.15) is 16.3 Å². The first-order valence-electron chi connectivity index (χ1n) is 22.4. The Morgan fingerprint density at radius 3 is 0.736 bits per heavy atom. The molecule has 0 aromatic rings. The van der Waals surface area contributed by atoms with Gasteiger partial charge in [0.2, 0.25) is 0 Å². The Bertz CT molecular complexity index is 675. The van der Waals surface area contributed by atoms with Gasteiger partial charge in [-0.3, -0.25) is 0 Å². The first-order chi connectivity index (χ1) is 25.9. The molecule has 3 unspecified atom stereocenters. The fourth-order valence-electron chi connectivity index (χ4n) is 5.98. The number of hydrogen-bond acceptors (Lipinski definition) is 10. The van der Waals surface area contributed by atoms with Gasteiger partial charge >= 0.3 is 7.82 Å². The monoisotopic (exact) mass is 831 g/mol. The van der Waals surface area contributed by atoms with Crippen LogP contribution >= 0.6 is 43.1 Å². The van der Waals surface area contributed by atoms with Crippen LogP contribution in [0.4, 0.5) is 0 Å². The second-order valence-corrected chi connectivity index (χ2v) is 20.4. The van der Waals surface area contributed by atoms with E-state index in [1.807, 2.05) is 20.8 Å². The van der Waals surface area contributed by atoms with Crippen LogP contribution in [0, 0.1) is 0 Å². The summed E-state index contributed by atoms with van der Waals surface area (Å²) in [4.78, 5) is 16.5. The molecule has 0 bridgehead atoms. The smallest absolute Gasteiger partial charge is 0.220 e. The molecule has 11 heteroatoms. The molecule has 0 fully saturated rings. The molecule has 0 spiro atoms. The fourth-order valence-corrected chi connectivity index (χ4v) is 9.32. The Morgan fingerprint density at radius 2 is 0.528 bits per heavy atom. The van der Waals surface area contributed by atoms with Gasteiger partial charge in [0.15, 0.2) is 0 Å². The van der Waals surface area contributed by atoms with Crippen LogP contribution in [-0.4, -0.2) is 33.6 Å². The predicted molar refractivity (Wildman–Crippen MR) is 235 cm³/mol. The number of hydrogen-bond donors (Lipinski definition) is 0. The summed E-state index contributed by atoms with van der Waals surface area (Å²) in [5, 5.41) is 0. The third-order valence-electron chi connectivity index (χ3n) is 9.36. The van der Waals surface area contributed by atoms with Crippen molar-refractivity contribution < 1.29 is 33.3 Å². The summed E-state index contributed by atoms with van der Waals surface area (Å²) in [6.07, 6.45) is 39.2. The van der Waals surface area contributed by atoms with Crippen molar-refractivity contribution in [3.63, 3.8) is 0 Å². The van der Waals surface area contributed by atoms with E-state index in [0.29, 0.717) is 0 Å². The maximum atomic E-state index is 13.5. The minimum Gasteiger partial charge on any atom is -0.220 e. The Kier molecular flexibility index (Phi) is 43.5. The molecular formula is C42H87O7PS3. The van der Waals surface area contributed by atoms with Crippen molar-refractivity contribution in [1.82, 2.24) is 0 Å². The van der Waals surface area contributed by atoms with Gasteiger partial charge < -0.3 is 0 Å². The number of thioether (sulfide) groups is 3. The fraction of sp³-hybridized carbons (Fsp3) is 1.00. The van der Waals surface area contributed by atoms with Gasteiger partial charge in [0.05, 0.1) is 0 Å². The summed E-state index contributed by atoms with van der Waals surface area (Å²) in [5.74, 6) is 2.83. The van der Waals surface area contributed by atoms with Gasteiger partial charge in [-0.1, -0.05) is 194 Å². The third-order valence-corrected chi connectivity index (χ3v) is 13.4. The van der Waals surface area contributed by atoms with Crippen LogP contribution in [-0.2, 0) is 33.3 Å². The van der Waals surface area contributed by atoms with E-state index in [1.165, 1.54) is 173 Å². The average molecular weight is 831 g/mol. The van der Waals surface area contributed by atoms with Crippen LogP contribution < -0.4 is 0 Å². The van der Waals surface area contributed by atoms with E-state index < -0.39 is 7.82 Å². The van der Waals surface area contributed by atoms with E-state index >= 15 is 0 Å². The van der Waals surface area contributed by atoms with Crippen molar-refractivity contribution in [3.8, 4) is 0 Å². The van der Waals surface area contributed by atoms with Crippen LogP contribution in [0.25, 0.3) is 0 Å². The molecule has 0 heterocycles. The Balaban J connectivity index is 4.45. The van der Waals surface area contributed by atoms with Crippen molar-refractivity contribution in [3.05, 3.63) is 0 Å². The molecule has 53 heavy (non-hydrogen) atoms. The molecule has 0 rings (SSSR count). The van der Waals surface area contributed by atoms with Crippen molar-refractivity contribution >= 4 is 43.1 Å². The molecule has 0 aliphatic rings. The quantitative estimate of drug-likeness (QED) is 0.0195. The summed E-state index contributed by atoms with van der Waals surface area (Å²) >= 11 is 4.87. The first-order valence-corrected chi connectivity index (χ1v) is 27.0. The van der Waals surface area contributed by atoms with Crippen LogP contribution in [0.2, 0.25) is 0 Å². The highest BCUT2D eigenvalue weighted by Crippen LogP contribution is 2.52. The van der Waals surface area contributed by atoms with E-state index in [4.69, 9.17) is 28.7 Å². The molecule has 0 saturated heterocycles. The van der Waals surface area contributed by atoms with Gasteiger partial charge in [-0.25, -0.2) is 19.2 Å². The SMILES string of the molecule is CCCCCCCCCCCCSC(C)OOP(=O)(OOC(C)SCCCCCCCCCCCC)OOC(C)SCCCCCCCCCCCC. The highest BCUT2D eigenvalue weighted by atomic mass is 32.2. The van der Waals surface area contributed by atoms with Crippen molar-refractivity contribution in [2.75, 3.05) is 17.3 Å². The number of unbranched alkanes of at least 4 members (excludes halogenated alkanes) is 27. The van der Waals surface area contributed by atoms with Crippen molar-refractivity contribution in [2.45, 2.75) is 250 Å². The molecule has 0 radical (unpaired) electrons. The summed E-state index contributed by atoms with van der Waals surface area (Å²) in [6.45, 7) is 12.4. The predicted octanol–water partition coefficient (Wildman–Crippen LogP) is 16.9. The van der Waals surface area contributed by atoms with Crippen LogP contribution in [0.3, 0.4) is 0 Å². The van der Waals surface area contributed by atoms with Gasteiger partial charge in [0.25, 0.3) is 0 Å². The van der Waals surface area contributed by atoms with E-state index in [0.717, 1.165) is 36.5 Å². The third kappa shape index (κ3) is 41.0. The Morgan fingerprint density at radius 1 is 0.340 bits per heavy atom. The first kappa shape index (κ1) is 54.0. The van der Waals surface area contributed by atoms with Crippen molar-refractivity contribution in [2.24, 2.45) is 0 Å². The van der Waals surface area contributed by atoms with E-state index in [2.05, 4.69) is 20.8 Å². The summed E-state index contributed by atoms with van der Waals surface area (Å²) in [5.41, 5.74) is -1.04. The van der Waals surface area contributed by atoms with E-state index in [9.17, 15) is 4.57 Å². The normalized spacial score (nSPS) is 14.8. The molecule has 0 N–H and O–H groups in total. The molecule has 0 aliphatic heterocycles. The Labute approximate surface area is 342 Å². The molecule has 0 aromatic carbocycles. The molecule has 3 atom stereocenters. The maximum absolute atomic E-state index is 13.5. The lowest BCUT2D eigenvalue weighted by atomic mass is 10.1. The largest absolute Gasteiger partial charge is 0.556 e. The molecule has 0 aromatic heterocycles. The lowest BCUT2D eigenvalue weighted by molar-refractivity contribution is -0.331. The summed E-state index contributed by atoms with van der Waals surface area (Å²) in [7, 11) is -4.29. The van der Waals surface area contributed by atoms with E-state index in [1.54, 1.807) is 35.3 Å². The van der Waals surface area contributed by atoms with Crippen molar-refractivity contribution in [1.29, 1.82) is 0 Å². The highest BCUT2D eigenvalue weighted by molar-refractivity contribution is 8.00. The zero-order valence-electron chi connectivity index (χ0n) is 35.6. The molecule has 0 saturated carbocycles. The lowest BCUT2D eigenvalue weighted by Crippen LogP contribution is -2.12. The average Bonchev–Trinajstić information content (AvgIpc) is 3.15. The van der Waals surface area contributed by atoms with Gasteiger partial charge in [-0.15, -0.1) is 49.3 Å². The van der Waals surface area contributed by atoms with E-state index in [-0.39, 0.29) is 16.3 Å². The minimum atomic E-state index is -4.29. The van der Waals surface area contributed by atoms with Crippen LogP contribution in [0.1, 0.15) is 234 Å². The summed E-state index contributed by atoms with van der Waals surface area (Å²) in [6, 6.07) is 0. The minimum absolute atomic E-state index is 0.347. The molecule has 320 valence electrons. The molecule has 7 nitrogen and oxygen atoms in total. The maximum Gasteiger partial charge on any atom is 0.556 e. The molecular weight excluding hydrogens is 744 g/mol. The second-order valence-electron chi connectivity index (χ2n) is 14.8. The van der Waals surface area contributed by atoms with Gasteiger partial charge in [0, 0.05) is 0 Å². The van der Waals surface area contributed by atoms with Crippen LogP contribution in [0.15, 0.2) is 0 Å². The topological polar surface area (TPSA) is 72.5 Å². The standard InChI is InChI=1S/C42H87O7PS3/c1-7-10-13-16-19-22-25-28-31-34-37-51-40(4)44-47-50(43,48-45-41(5)52-38-35-32-29-26-23-20-17-14-11-8-2)49-46-42(6)53-39-36-33-30-27-24-21-18-15-12-9-3/h40-42H,7-39H2,1-6H3.